The Morgan fingerprint density at radius 2 is 1.58 bits per heavy atom. The number of benzene rings is 2. The number of ketones is 1. The molecule has 0 aliphatic carbocycles. The summed E-state index contributed by atoms with van der Waals surface area (Å²) in [6.07, 6.45) is 0.502. The van der Waals surface area contributed by atoms with Crippen molar-refractivity contribution in [2.75, 3.05) is 34.4 Å². The molecule has 1 saturated heterocycles. The second kappa shape index (κ2) is 7.48. The first-order chi connectivity index (χ1) is 12.5. The first-order valence-corrected chi connectivity index (χ1v) is 8.71. The number of carbonyl (C=O) groups is 1. The fourth-order valence-corrected chi connectivity index (χ4v) is 3.57. The molecule has 0 bridgehead atoms. The lowest BCUT2D eigenvalue weighted by Gasteiger charge is -2.43. The zero-order valence-corrected chi connectivity index (χ0v) is 15.4. The van der Waals surface area contributed by atoms with E-state index in [0.717, 1.165) is 17.9 Å². The van der Waals surface area contributed by atoms with Crippen molar-refractivity contribution in [1.82, 2.24) is 4.90 Å². The maximum atomic E-state index is 13.2. The van der Waals surface area contributed by atoms with Crippen LogP contribution in [-0.4, -0.2) is 50.1 Å². The van der Waals surface area contributed by atoms with Gasteiger partial charge in [0.1, 0.15) is 17.1 Å². The number of Topliss-reactive ketones (excluding diaryl/α,β-unsaturated/α-hetero) is 1. The van der Waals surface area contributed by atoms with E-state index in [0.29, 0.717) is 24.3 Å². The Labute approximate surface area is 154 Å². The van der Waals surface area contributed by atoms with E-state index in [2.05, 4.69) is 4.90 Å². The van der Waals surface area contributed by atoms with Crippen molar-refractivity contribution in [1.29, 1.82) is 0 Å². The monoisotopic (exact) mass is 355 g/mol. The summed E-state index contributed by atoms with van der Waals surface area (Å²) in [6.45, 7) is 1.24. The van der Waals surface area contributed by atoms with Gasteiger partial charge in [0.15, 0.2) is 5.78 Å². The number of methoxy groups -OCH3 is 2. The Hall–Kier alpha value is -2.37. The molecular weight excluding hydrogens is 330 g/mol. The van der Waals surface area contributed by atoms with Crippen LogP contribution in [0.1, 0.15) is 22.3 Å². The molecule has 2 aromatic carbocycles. The molecule has 0 unspecified atom stereocenters. The van der Waals surface area contributed by atoms with Gasteiger partial charge >= 0.3 is 0 Å². The Kier molecular flexibility index (Phi) is 5.30. The predicted molar refractivity (Wildman–Crippen MR) is 99.8 cm³/mol. The van der Waals surface area contributed by atoms with E-state index in [1.54, 1.807) is 38.5 Å². The fraction of sp³-hybridized carbons (Fsp3) is 0.381. The summed E-state index contributed by atoms with van der Waals surface area (Å²) >= 11 is 0. The molecule has 2 atom stereocenters. The summed E-state index contributed by atoms with van der Waals surface area (Å²) in [7, 11) is 5.17. The molecule has 1 heterocycles. The highest BCUT2D eigenvalue weighted by Gasteiger charge is 2.46. The van der Waals surface area contributed by atoms with Crippen LogP contribution in [0.15, 0.2) is 48.5 Å². The van der Waals surface area contributed by atoms with Crippen LogP contribution in [0.5, 0.6) is 11.5 Å². The highest BCUT2D eigenvalue weighted by molar-refractivity contribution is 5.99. The van der Waals surface area contributed by atoms with E-state index in [-0.39, 0.29) is 5.78 Å². The molecule has 5 heteroatoms. The van der Waals surface area contributed by atoms with Crippen LogP contribution in [0, 0.1) is 5.92 Å². The SMILES string of the molecule is COc1ccc(C(=O)[C@@H]2CN(C)CC[C@@]2(O)c2ccc(OC)cc2)cc1. The van der Waals surface area contributed by atoms with Crippen LogP contribution in [-0.2, 0) is 5.60 Å². The zero-order valence-electron chi connectivity index (χ0n) is 15.4. The normalized spacial score (nSPS) is 23.5. The Morgan fingerprint density at radius 1 is 1.04 bits per heavy atom. The van der Waals surface area contributed by atoms with Gasteiger partial charge in [-0.3, -0.25) is 4.79 Å². The predicted octanol–water partition coefficient (Wildman–Crippen LogP) is 2.73. The molecule has 0 saturated carbocycles. The Balaban J connectivity index is 1.94. The van der Waals surface area contributed by atoms with Crippen molar-refractivity contribution in [3.8, 4) is 11.5 Å². The summed E-state index contributed by atoms with van der Waals surface area (Å²) in [6, 6.07) is 14.4. The van der Waals surface area contributed by atoms with Gasteiger partial charge in [-0.1, -0.05) is 12.1 Å². The lowest BCUT2D eigenvalue weighted by Crippen LogP contribution is -2.52. The minimum atomic E-state index is -1.20. The van der Waals surface area contributed by atoms with E-state index < -0.39 is 11.5 Å². The van der Waals surface area contributed by atoms with Crippen LogP contribution >= 0.6 is 0 Å². The molecule has 2 aromatic rings. The van der Waals surface area contributed by atoms with Gasteiger partial charge in [0.25, 0.3) is 0 Å². The first-order valence-electron chi connectivity index (χ1n) is 8.71. The minimum Gasteiger partial charge on any atom is -0.497 e. The van der Waals surface area contributed by atoms with E-state index in [1.165, 1.54) is 0 Å². The molecule has 0 aromatic heterocycles. The van der Waals surface area contributed by atoms with Crippen LogP contribution in [0.4, 0.5) is 0 Å². The van der Waals surface area contributed by atoms with Crippen molar-refractivity contribution < 1.29 is 19.4 Å². The molecule has 138 valence electrons. The fourth-order valence-electron chi connectivity index (χ4n) is 3.57. The van der Waals surface area contributed by atoms with E-state index in [9.17, 15) is 9.90 Å². The number of likely N-dealkylation sites (tertiary alicyclic amines) is 1. The molecule has 26 heavy (non-hydrogen) atoms. The van der Waals surface area contributed by atoms with Crippen molar-refractivity contribution in [2.45, 2.75) is 12.0 Å². The third kappa shape index (κ3) is 3.45. The van der Waals surface area contributed by atoms with E-state index in [1.807, 2.05) is 31.3 Å². The number of piperidine rings is 1. The number of ether oxygens (including phenoxy) is 2. The quantitative estimate of drug-likeness (QED) is 0.836. The van der Waals surface area contributed by atoms with Gasteiger partial charge < -0.3 is 19.5 Å². The summed E-state index contributed by atoms with van der Waals surface area (Å²) in [5.74, 6) is 0.830. The van der Waals surface area contributed by atoms with Crippen molar-refractivity contribution in [3.63, 3.8) is 0 Å². The molecule has 1 fully saturated rings. The molecule has 3 rings (SSSR count). The molecule has 0 amide bonds. The largest absolute Gasteiger partial charge is 0.497 e. The summed E-state index contributed by atoms with van der Waals surface area (Å²) in [5, 5.41) is 11.5. The molecule has 1 aliphatic rings. The second-order valence-corrected chi connectivity index (χ2v) is 6.81. The maximum absolute atomic E-state index is 13.2. The van der Waals surface area contributed by atoms with Crippen LogP contribution < -0.4 is 9.47 Å². The minimum absolute atomic E-state index is 0.0579. The van der Waals surface area contributed by atoms with Crippen LogP contribution in [0.25, 0.3) is 0 Å². The highest BCUT2D eigenvalue weighted by atomic mass is 16.5. The van der Waals surface area contributed by atoms with Crippen LogP contribution in [0.3, 0.4) is 0 Å². The van der Waals surface area contributed by atoms with Crippen LogP contribution in [0.2, 0.25) is 0 Å². The molecule has 5 nitrogen and oxygen atoms in total. The number of rotatable bonds is 5. The standard InChI is InChI=1S/C21H25NO4/c1-22-13-12-21(24,16-6-10-18(26-3)11-7-16)19(14-22)20(23)15-4-8-17(25-2)9-5-15/h4-11,19,24H,12-14H2,1-3H3/t19-,21+/m0/s1. The third-order valence-corrected chi connectivity index (χ3v) is 5.23. The molecule has 1 N–H and O–H groups in total. The number of hydrogen-bond acceptors (Lipinski definition) is 5. The van der Waals surface area contributed by atoms with E-state index >= 15 is 0 Å². The topological polar surface area (TPSA) is 59.0 Å². The number of aliphatic hydroxyl groups is 1. The Bertz CT molecular complexity index is 757. The smallest absolute Gasteiger partial charge is 0.170 e. The molecule has 1 aliphatic heterocycles. The van der Waals surface area contributed by atoms with Gasteiger partial charge in [-0.2, -0.15) is 0 Å². The average Bonchev–Trinajstić information content (AvgIpc) is 2.69. The zero-order chi connectivity index (χ0) is 18.7. The van der Waals surface area contributed by atoms with Gasteiger partial charge in [0.05, 0.1) is 20.1 Å². The van der Waals surface area contributed by atoms with Gasteiger partial charge in [-0.05, 0) is 55.4 Å². The summed E-state index contributed by atoms with van der Waals surface area (Å²) in [5.41, 5.74) is 0.131. The second-order valence-electron chi connectivity index (χ2n) is 6.81. The van der Waals surface area contributed by atoms with Gasteiger partial charge in [0, 0.05) is 18.7 Å². The first kappa shape index (κ1) is 18.4. The van der Waals surface area contributed by atoms with E-state index in [4.69, 9.17) is 9.47 Å². The number of carbonyl (C=O) groups excluding carboxylic acids is 1. The summed E-state index contributed by atoms with van der Waals surface area (Å²) < 4.78 is 10.4. The van der Waals surface area contributed by atoms with Gasteiger partial charge in [-0.15, -0.1) is 0 Å². The average molecular weight is 355 g/mol. The molecule has 0 radical (unpaired) electrons. The highest BCUT2D eigenvalue weighted by Crippen LogP contribution is 2.39. The van der Waals surface area contributed by atoms with Crippen molar-refractivity contribution in [2.24, 2.45) is 5.92 Å². The van der Waals surface area contributed by atoms with Crippen molar-refractivity contribution in [3.05, 3.63) is 59.7 Å². The maximum Gasteiger partial charge on any atom is 0.170 e. The molecular formula is C21H25NO4. The lowest BCUT2D eigenvalue weighted by atomic mass is 9.73. The van der Waals surface area contributed by atoms with Crippen molar-refractivity contribution >= 4 is 5.78 Å². The third-order valence-electron chi connectivity index (χ3n) is 5.23. The Morgan fingerprint density at radius 3 is 2.12 bits per heavy atom. The van der Waals surface area contributed by atoms with Gasteiger partial charge in [0.2, 0.25) is 0 Å². The number of nitrogens with zero attached hydrogens (tertiary/aromatic N) is 1. The lowest BCUT2D eigenvalue weighted by molar-refractivity contribution is -0.0594. The van der Waals surface area contributed by atoms with Gasteiger partial charge in [-0.25, -0.2) is 0 Å². The number of hydrogen-bond donors (Lipinski definition) is 1. The molecule has 0 spiro atoms. The summed E-state index contributed by atoms with van der Waals surface area (Å²) in [4.78, 5) is 15.3.